The van der Waals surface area contributed by atoms with Crippen LogP contribution in [-0.4, -0.2) is 32.5 Å². The van der Waals surface area contributed by atoms with Gasteiger partial charge in [0.15, 0.2) is 5.65 Å². The van der Waals surface area contributed by atoms with E-state index in [0.29, 0.717) is 17.0 Å². The molecule has 0 fully saturated rings. The molecular formula is C20H13F3N4O2. The van der Waals surface area contributed by atoms with Crippen LogP contribution in [0.4, 0.5) is 13.2 Å². The number of carbonyl (C=O) groups excluding carboxylic acids is 1. The van der Waals surface area contributed by atoms with E-state index in [2.05, 4.69) is 15.1 Å². The zero-order valence-corrected chi connectivity index (χ0v) is 15.0. The quantitative estimate of drug-likeness (QED) is 0.485. The average molecular weight is 398 g/mol. The lowest BCUT2D eigenvalue weighted by atomic mass is 10.1. The van der Waals surface area contributed by atoms with Gasteiger partial charge in [-0.25, -0.2) is 9.50 Å². The van der Waals surface area contributed by atoms with Crippen molar-refractivity contribution in [2.24, 2.45) is 0 Å². The summed E-state index contributed by atoms with van der Waals surface area (Å²) in [6.07, 6.45) is -0.282. The maximum absolute atomic E-state index is 13.1. The lowest BCUT2D eigenvalue weighted by Gasteiger charge is -2.10. The highest BCUT2D eigenvalue weighted by molar-refractivity contribution is 6.11. The number of ether oxygens (including phenoxy) is 1. The van der Waals surface area contributed by atoms with Crippen LogP contribution in [0.15, 0.2) is 61.1 Å². The fourth-order valence-electron chi connectivity index (χ4n) is 2.93. The zero-order chi connectivity index (χ0) is 20.6. The Labute approximate surface area is 162 Å². The van der Waals surface area contributed by atoms with Crippen LogP contribution in [0.2, 0.25) is 0 Å². The molecule has 0 saturated heterocycles. The number of nitrogens with zero attached hydrogens (tertiary/aromatic N) is 4. The Bertz CT molecular complexity index is 1220. The normalized spacial score (nSPS) is 11.6. The maximum Gasteiger partial charge on any atom is 0.416 e. The van der Waals surface area contributed by atoms with Gasteiger partial charge in [-0.3, -0.25) is 9.78 Å². The lowest BCUT2D eigenvalue weighted by Crippen LogP contribution is -2.06. The van der Waals surface area contributed by atoms with Crippen LogP contribution in [0.3, 0.4) is 0 Å². The monoisotopic (exact) mass is 398 g/mol. The van der Waals surface area contributed by atoms with E-state index in [-0.39, 0.29) is 16.9 Å². The molecule has 0 radical (unpaired) electrons. The summed E-state index contributed by atoms with van der Waals surface area (Å²) in [5.74, 6) is 0.0463. The average Bonchev–Trinajstić information content (AvgIpc) is 3.17. The molecule has 0 aliphatic heterocycles. The summed E-state index contributed by atoms with van der Waals surface area (Å²) < 4.78 is 45.6. The van der Waals surface area contributed by atoms with Gasteiger partial charge in [-0.15, -0.1) is 0 Å². The lowest BCUT2D eigenvalue weighted by molar-refractivity contribution is -0.137. The number of carbonyl (C=O) groups is 1. The number of pyridine rings is 1. The van der Waals surface area contributed by atoms with Crippen molar-refractivity contribution < 1.29 is 22.7 Å². The van der Waals surface area contributed by atoms with Crippen molar-refractivity contribution in [1.82, 2.24) is 19.6 Å². The number of alkyl halides is 3. The van der Waals surface area contributed by atoms with Crippen LogP contribution < -0.4 is 4.74 Å². The molecule has 0 saturated carbocycles. The smallest absolute Gasteiger partial charge is 0.416 e. The van der Waals surface area contributed by atoms with Crippen molar-refractivity contribution in [3.8, 4) is 17.0 Å². The Morgan fingerprint density at radius 2 is 1.86 bits per heavy atom. The van der Waals surface area contributed by atoms with Crippen molar-refractivity contribution in [3.05, 3.63) is 77.9 Å². The number of rotatable bonds is 4. The second kappa shape index (κ2) is 7.01. The Hall–Kier alpha value is -3.75. The van der Waals surface area contributed by atoms with E-state index in [1.165, 1.54) is 54.5 Å². The number of ketones is 1. The number of hydrogen-bond donors (Lipinski definition) is 0. The molecule has 3 heterocycles. The highest BCUT2D eigenvalue weighted by atomic mass is 19.4. The van der Waals surface area contributed by atoms with Gasteiger partial charge in [-0.1, -0.05) is 12.1 Å². The molecule has 0 aliphatic rings. The highest BCUT2D eigenvalue weighted by Gasteiger charge is 2.30. The molecule has 0 aliphatic carbocycles. The molecule has 6 nitrogen and oxygen atoms in total. The summed E-state index contributed by atoms with van der Waals surface area (Å²) in [4.78, 5) is 21.1. The molecule has 29 heavy (non-hydrogen) atoms. The Morgan fingerprint density at radius 1 is 1.07 bits per heavy atom. The van der Waals surface area contributed by atoms with Gasteiger partial charge in [0.1, 0.15) is 11.4 Å². The summed E-state index contributed by atoms with van der Waals surface area (Å²) in [6.45, 7) is 0. The minimum Gasteiger partial charge on any atom is -0.497 e. The second-order valence-electron chi connectivity index (χ2n) is 6.11. The number of benzene rings is 1. The van der Waals surface area contributed by atoms with Gasteiger partial charge in [0.25, 0.3) is 0 Å². The summed E-state index contributed by atoms with van der Waals surface area (Å²) in [7, 11) is 1.47. The van der Waals surface area contributed by atoms with Gasteiger partial charge in [0.2, 0.25) is 5.78 Å². The fourth-order valence-corrected chi connectivity index (χ4v) is 2.93. The Morgan fingerprint density at radius 3 is 2.62 bits per heavy atom. The number of hydrogen-bond acceptors (Lipinski definition) is 5. The summed E-state index contributed by atoms with van der Waals surface area (Å²) in [5, 5.41) is 4.17. The third-order valence-electron chi connectivity index (χ3n) is 4.33. The van der Waals surface area contributed by atoms with Gasteiger partial charge >= 0.3 is 6.18 Å². The van der Waals surface area contributed by atoms with Crippen LogP contribution in [0, 0.1) is 0 Å². The van der Waals surface area contributed by atoms with E-state index in [0.717, 1.165) is 12.1 Å². The third kappa shape index (κ3) is 3.42. The highest BCUT2D eigenvalue weighted by Crippen LogP contribution is 2.32. The zero-order valence-electron chi connectivity index (χ0n) is 15.0. The molecule has 4 rings (SSSR count). The summed E-state index contributed by atoms with van der Waals surface area (Å²) >= 11 is 0. The number of fused-ring (bicyclic) bond motifs is 1. The third-order valence-corrected chi connectivity index (χ3v) is 4.33. The van der Waals surface area contributed by atoms with E-state index >= 15 is 0 Å². The van der Waals surface area contributed by atoms with E-state index in [1.54, 1.807) is 6.07 Å². The fraction of sp³-hybridized carbons (Fsp3) is 0.100. The SMILES string of the molecule is COc1ccnc(C(=O)c2cnn3c(-c4cccc(C(F)(F)F)c4)ccnc23)c1. The Balaban J connectivity index is 1.81. The van der Waals surface area contributed by atoms with Crippen molar-refractivity contribution in [1.29, 1.82) is 0 Å². The topological polar surface area (TPSA) is 69.4 Å². The molecule has 3 aromatic heterocycles. The largest absolute Gasteiger partial charge is 0.497 e. The second-order valence-corrected chi connectivity index (χ2v) is 6.11. The standard InChI is InChI=1S/C20H13F3N4O2/c1-29-14-5-7-24-16(10-14)18(28)15-11-26-27-17(6-8-25-19(15)27)12-3-2-4-13(9-12)20(21,22)23/h2-11H,1H3. The van der Waals surface area contributed by atoms with Crippen LogP contribution >= 0.6 is 0 Å². The van der Waals surface area contributed by atoms with Crippen LogP contribution in [0.25, 0.3) is 16.9 Å². The van der Waals surface area contributed by atoms with Gasteiger partial charge in [-0.05, 0) is 24.3 Å². The molecule has 1 aromatic carbocycles. The van der Waals surface area contributed by atoms with Crippen molar-refractivity contribution in [2.75, 3.05) is 7.11 Å². The Kier molecular flexibility index (Phi) is 4.50. The first kappa shape index (κ1) is 18.6. The summed E-state index contributed by atoms with van der Waals surface area (Å²) in [5.41, 5.74) is 0.441. The summed E-state index contributed by atoms with van der Waals surface area (Å²) in [6, 6.07) is 9.51. The molecule has 0 spiro atoms. The van der Waals surface area contributed by atoms with Crippen LogP contribution in [0.5, 0.6) is 5.75 Å². The van der Waals surface area contributed by atoms with E-state index in [9.17, 15) is 18.0 Å². The van der Waals surface area contributed by atoms with Crippen molar-refractivity contribution >= 4 is 11.4 Å². The molecule has 0 atom stereocenters. The first-order chi connectivity index (χ1) is 13.9. The molecule has 146 valence electrons. The van der Waals surface area contributed by atoms with E-state index in [4.69, 9.17) is 4.74 Å². The first-order valence-electron chi connectivity index (χ1n) is 8.43. The number of aromatic nitrogens is 4. The van der Waals surface area contributed by atoms with Crippen LogP contribution in [0.1, 0.15) is 21.6 Å². The van der Waals surface area contributed by atoms with E-state index in [1.807, 2.05) is 0 Å². The van der Waals surface area contributed by atoms with Gasteiger partial charge in [-0.2, -0.15) is 18.3 Å². The van der Waals surface area contributed by atoms with Gasteiger partial charge in [0, 0.05) is 24.0 Å². The predicted molar refractivity (Wildman–Crippen MR) is 97.6 cm³/mol. The first-order valence-corrected chi connectivity index (χ1v) is 8.43. The molecule has 0 bridgehead atoms. The van der Waals surface area contributed by atoms with Gasteiger partial charge < -0.3 is 4.74 Å². The molecular weight excluding hydrogens is 385 g/mol. The van der Waals surface area contributed by atoms with E-state index < -0.39 is 17.5 Å². The van der Waals surface area contributed by atoms with Crippen molar-refractivity contribution in [2.45, 2.75) is 6.18 Å². The number of methoxy groups -OCH3 is 1. The number of halogens is 3. The predicted octanol–water partition coefficient (Wildman–Crippen LogP) is 4.05. The minimum atomic E-state index is -4.47. The molecule has 4 aromatic rings. The van der Waals surface area contributed by atoms with Gasteiger partial charge in [0.05, 0.1) is 30.1 Å². The maximum atomic E-state index is 13.1. The molecule has 0 unspecified atom stereocenters. The molecule has 0 N–H and O–H groups in total. The van der Waals surface area contributed by atoms with Crippen molar-refractivity contribution in [3.63, 3.8) is 0 Å². The molecule has 9 heteroatoms. The van der Waals surface area contributed by atoms with Crippen LogP contribution in [-0.2, 0) is 6.18 Å². The minimum absolute atomic E-state index is 0.144. The molecule has 0 amide bonds.